The lowest BCUT2D eigenvalue weighted by Gasteiger charge is -2.13. The van der Waals surface area contributed by atoms with Crippen LogP contribution in [-0.4, -0.2) is 15.3 Å². The van der Waals surface area contributed by atoms with Crippen LogP contribution in [0.5, 0.6) is 0 Å². The molecular formula is C22H26N2OS2. The molecule has 0 radical (unpaired) electrons. The molecule has 3 nitrogen and oxygen atoms in total. The summed E-state index contributed by atoms with van der Waals surface area (Å²) >= 11 is 3.46. The summed E-state index contributed by atoms with van der Waals surface area (Å²) in [5, 5.41) is 1.70. The SMILES string of the molecule is CCCCCCSc1nc2sc3c(c2c(=O)n1-c1ccc(C)cc1)CCC3. The van der Waals surface area contributed by atoms with Gasteiger partial charge < -0.3 is 0 Å². The number of fused-ring (bicyclic) bond motifs is 3. The molecule has 3 aromatic rings. The number of thiophene rings is 1. The lowest BCUT2D eigenvalue weighted by atomic mass is 10.2. The highest BCUT2D eigenvalue weighted by Crippen LogP contribution is 2.36. The number of aromatic nitrogens is 2. The minimum absolute atomic E-state index is 0.110. The van der Waals surface area contributed by atoms with Gasteiger partial charge in [-0.3, -0.25) is 9.36 Å². The van der Waals surface area contributed by atoms with Gasteiger partial charge in [0.1, 0.15) is 4.83 Å². The molecule has 2 aromatic heterocycles. The fourth-order valence-electron chi connectivity index (χ4n) is 3.74. The summed E-state index contributed by atoms with van der Waals surface area (Å²) in [5.41, 5.74) is 3.49. The fourth-order valence-corrected chi connectivity index (χ4v) is 6.05. The summed E-state index contributed by atoms with van der Waals surface area (Å²) in [6.45, 7) is 4.30. The van der Waals surface area contributed by atoms with E-state index in [2.05, 4.69) is 26.0 Å². The molecule has 0 unspecified atom stereocenters. The van der Waals surface area contributed by atoms with Crippen molar-refractivity contribution in [3.05, 3.63) is 50.6 Å². The Kier molecular flexibility index (Phi) is 5.69. The van der Waals surface area contributed by atoms with Crippen LogP contribution in [0, 0.1) is 6.92 Å². The highest BCUT2D eigenvalue weighted by Gasteiger charge is 2.23. The quantitative estimate of drug-likeness (QED) is 0.282. The van der Waals surface area contributed by atoms with Gasteiger partial charge in [0.15, 0.2) is 5.16 Å². The molecule has 2 heterocycles. The number of unbranched alkanes of at least 4 members (excludes halogenated alkanes) is 3. The minimum atomic E-state index is 0.110. The zero-order valence-corrected chi connectivity index (χ0v) is 17.7. The first-order valence-electron chi connectivity index (χ1n) is 9.96. The molecule has 1 aliphatic rings. The summed E-state index contributed by atoms with van der Waals surface area (Å²) in [7, 11) is 0. The molecule has 142 valence electrons. The highest BCUT2D eigenvalue weighted by molar-refractivity contribution is 7.99. The average molecular weight is 399 g/mol. The van der Waals surface area contributed by atoms with Crippen LogP contribution < -0.4 is 5.56 Å². The molecule has 0 amide bonds. The molecule has 0 atom stereocenters. The van der Waals surface area contributed by atoms with Crippen molar-refractivity contribution in [2.45, 2.75) is 63.9 Å². The Morgan fingerprint density at radius 2 is 1.96 bits per heavy atom. The number of benzene rings is 1. The maximum atomic E-state index is 13.5. The van der Waals surface area contributed by atoms with Crippen LogP contribution in [0.3, 0.4) is 0 Å². The first-order valence-corrected chi connectivity index (χ1v) is 11.8. The summed E-state index contributed by atoms with van der Waals surface area (Å²) in [4.78, 5) is 20.8. The summed E-state index contributed by atoms with van der Waals surface area (Å²) in [6.07, 6.45) is 8.20. The van der Waals surface area contributed by atoms with E-state index >= 15 is 0 Å². The Labute approximate surface area is 168 Å². The molecule has 0 N–H and O–H groups in total. The van der Waals surface area contributed by atoms with Crippen LogP contribution in [0.15, 0.2) is 34.2 Å². The molecule has 4 rings (SSSR count). The Morgan fingerprint density at radius 1 is 1.15 bits per heavy atom. The van der Waals surface area contributed by atoms with Gasteiger partial charge in [-0.05, 0) is 50.3 Å². The Balaban J connectivity index is 1.78. The molecular weight excluding hydrogens is 372 g/mol. The van der Waals surface area contributed by atoms with Crippen molar-refractivity contribution in [1.29, 1.82) is 0 Å². The monoisotopic (exact) mass is 398 g/mol. The fraction of sp³-hybridized carbons (Fsp3) is 0.455. The number of aryl methyl sites for hydroxylation is 3. The second-order valence-corrected chi connectivity index (χ2v) is 9.46. The largest absolute Gasteiger partial charge is 0.268 e. The van der Waals surface area contributed by atoms with Crippen molar-refractivity contribution in [2.75, 3.05) is 5.75 Å². The van der Waals surface area contributed by atoms with E-state index in [0.29, 0.717) is 0 Å². The van der Waals surface area contributed by atoms with Crippen LogP contribution in [0.2, 0.25) is 0 Å². The van der Waals surface area contributed by atoms with Crippen molar-refractivity contribution >= 4 is 33.3 Å². The van der Waals surface area contributed by atoms with Gasteiger partial charge in [0.25, 0.3) is 5.56 Å². The van der Waals surface area contributed by atoms with Gasteiger partial charge in [-0.2, -0.15) is 0 Å². The van der Waals surface area contributed by atoms with Gasteiger partial charge in [-0.1, -0.05) is 55.6 Å². The third kappa shape index (κ3) is 3.72. The van der Waals surface area contributed by atoms with Crippen LogP contribution in [0.25, 0.3) is 15.9 Å². The average Bonchev–Trinajstić information content (AvgIpc) is 3.23. The maximum Gasteiger partial charge on any atom is 0.267 e. The van der Waals surface area contributed by atoms with Gasteiger partial charge >= 0.3 is 0 Å². The number of thioether (sulfide) groups is 1. The Bertz CT molecular complexity index is 1000. The third-order valence-electron chi connectivity index (χ3n) is 5.23. The van der Waals surface area contributed by atoms with Gasteiger partial charge in [-0.25, -0.2) is 4.98 Å². The molecule has 1 aromatic carbocycles. The minimum Gasteiger partial charge on any atom is -0.268 e. The second kappa shape index (κ2) is 8.19. The molecule has 0 fully saturated rings. The Morgan fingerprint density at radius 3 is 2.74 bits per heavy atom. The number of hydrogen-bond acceptors (Lipinski definition) is 4. The smallest absolute Gasteiger partial charge is 0.267 e. The van der Waals surface area contributed by atoms with Crippen LogP contribution in [0.4, 0.5) is 0 Å². The normalized spacial score (nSPS) is 13.4. The molecule has 5 heteroatoms. The summed E-state index contributed by atoms with van der Waals surface area (Å²) in [6, 6.07) is 8.22. The van der Waals surface area contributed by atoms with Crippen LogP contribution >= 0.6 is 23.1 Å². The molecule has 0 aliphatic heterocycles. The van der Waals surface area contributed by atoms with Crippen LogP contribution in [-0.2, 0) is 12.8 Å². The molecule has 27 heavy (non-hydrogen) atoms. The first-order chi connectivity index (χ1) is 13.2. The van der Waals surface area contributed by atoms with Gasteiger partial charge in [0.2, 0.25) is 0 Å². The lowest BCUT2D eigenvalue weighted by molar-refractivity contribution is 0.705. The van der Waals surface area contributed by atoms with E-state index in [1.807, 2.05) is 16.7 Å². The second-order valence-electron chi connectivity index (χ2n) is 7.32. The van der Waals surface area contributed by atoms with E-state index in [1.165, 1.54) is 41.7 Å². The zero-order chi connectivity index (χ0) is 18.8. The van der Waals surface area contributed by atoms with Crippen molar-refractivity contribution in [1.82, 2.24) is 9.55 Å². The van der Waals surface area contributed by atoms with Crippen molar-refractivity contribution in [3.63, 3.8) is 0 Å². The van der Waals surface area contributed by atoms with Gasteiger partial charge in [-0.15, -0.1) is 11.3 Å². The lowest BCUT2D eigenvalue weighted by Crippen LogP contribution is -2.22. The predicted molar refractivity (Wildman–Crippen MR) is 117 cm³/mol. The maximum absolute atomic E-state index is 13.5. The van der Waals surface area contributed by atoms with E-state index in [1.54, 1.807) is 23.1 Å². The third-order valence-corrected chi connectivity index (χ3v) is 7.44. The molecule has 0 saturated carbocycles. The first kappa shape index (κ1) is 18.8. The van der Waals surface area contributed by atoms with E-state index < -0.39 is 0 Å². The van der Waals surface area contributed by atoms with E-state index in [0.717, 1.165) is 46.1 Å². The standard InChI is InChI=1S/C22H26N2OS2/c1-3-4-5-6-14-26-22-23-20-19(17-8-7-9-18(17)27-20)21(25)24(22)16-12-10-15(2)11-13-16/h10-13H,3-9,14H2,1-2H3. The molecule has 0 spiro atoms. The zero-order valence-electron chi connectivity index (χ0n) is 16.1. The van der Waals surface area contributed by atoms with E-state index in [-0.39, 0.29) is 5.56 Å². The summed E-state index contributed by atoms with van der Waals surface area (Å²) in [5.74, 6) is 1.01. The molecule has 1 aliphatic carbocycles. The van der Waals surface area contributed by atoms with Gasteiger partial charge in [0, 0.05) is 10.6 Å². The molecule has 0 bridgehead atoms. The summed E-state index contributed by atoms with van der Waals surface area (Å²) < 4.78 is 1.84. The predicted octanol–water partition coefficient (Wildman–Crippen LogP) is 5.92. The topological polar surface area (TPSA) is 34.9 Å². The van der Waals surface area contributed by atoms with E-state index in [4.69, 9.17) is 4.98 Å². The van der Waals surface area contributed by atoms with Crippen LogP contribution in [0.1, 0.15) is 55.0 Å². The van der Waals surface area contributed by atoms with Crippen molar-refractivity contribution in [3.8, 4) is 5.69 Å². The van der Waals surface area contributed by atoms with E-state index in [9.17, 15) is 4.79 Å². The highest BCUT2D eigenvalue weighted by atomic mass is 32.2. The van der Waals surface area contributed by atoms with Gasteiger partial charge in [0.05, 0.1) is 11.1 Å². The molecule has 0 saturated heterocycles. The Hall–Kier alpha value is -1.59. The van der Waals surface area contributed by atoms with Crippen molar-refractivity contribution < 1.29 is 0 Å². The number of nitrogens with zero attached hydrogens (tertiary/aromatic N) is 2. The number of rotatable bonds is 7. The van der Waals surface area contributed by atoms with Crippen molar-refractivity contribution in [2.24, 2.45) is 0 Å². The number of hydrogen-bond donors (Lipinski definition) is 0.